The SMILES string of the molecule is NC(=O)Cc1ccccc1OC1OC(CO)C(O)C(O)C1O. The number of aliphatic hydroxyl groups is 4. The summed E-state index contributed by atoms with van der Waals surface area (Å²) >= 11 is 0. The quantitative estimate of drug-likeness (QED) is 0.419. The maximum Gasteiger partial charge on any atom is 0.229 e. The van der Waals surface area contributed by atoms with Gasteiger partial charge in [0.1, 0.15) is 30.2 Å². The zero-order valence-corrected chi connectivity index (χ0v) is 11.7. The van der Waals surface area contributed by atoms with Crippen molar-refractivity contribution in [2.24, 2.45) is 5.73 Å². The fraction of sp³-hybridized carbons (Fsp3) is 0.500. The van der Waals surface area contributed by atoms with Crippen LogP contribution in [0.4, 0.5) is 0 Å². The van der Waals surface area contributed by atoms with Gasteiger partial charge in [0.2, 0.25) is 12.2 Å². The number of hydrogen-bond acceptors (Lipinski definition) is 7. The molecule has 8 heteroatoms. The summed E-state index contributed by atoms with van der Waals surface area (Å²) in [5, 5.41) is 38.5. The largest absolute Gasteiger partial charge is 0.462 e. The van der Waals surface area contributed by atoms with Crippen molar-refractivity contribution in [3.8, 4) is 5.75 Å². The number of hydrogen-bond donors (Lipinski definition) is 5. The molecule has 22 heavy (non-hydrogen) atoms. The number of para-hydroxylation sites is 1. The maximum atomic E-state index is 11.1. The summed E-state index contributed by atoms with van der Waals surface area (Å²) in [6, 6.07) is 6.53. The van der Waals surface area contributed by atoms with Gasteiger partial charge in [0.05, 0.1) is 13.0 Å². The fourth-order valence-corrected chi connectivity index (χ4v) is 2.24. The van der Waals surface area contributed by atoms with Crippen molar-refractivity contribution in [1.29, 1.82) is 0 Å². The van der Waals surface area contributed by atoms with Gasteiger partial charge in [-0.25, -0.2) is 0 Å². The van der Waals surface area contributed by atoms with Crippen LogP contribution >= 0.6 is 0 Å². The molecule has 122 valence electrons. The molecule has 1 heterocycles. The molecule has 0 saturated carbocycles. The normalized spacial score (nSPS) is 31.7. The van der Waals surface area contributed by atoms with Crippen LogP contribution in [0.1, 0.15) is 5.56 Å². The molecule has 0 aliphatic carbocycles. The van der Waals surface area contributed by atoms with Gasteiger partial charge < -0.3 is 35.6 Å². The lowest BCUT2D eigenvalue weighted by Gasteiger charge is -2.39. The molecule has 1 aromatic carbocycles. The average molecular weight is 313 g/mol. The predicted octanol–water partition coefficient (Wildman–Crippen LogP) is -2.11. The third kappa shape index (κ3) is 3.54. The van der Waals surface area contributed by atoms with Crippen LogP contribution in [0.15, 0.2) is 24.3 Å². The summed E-state index contributed by atoms with van der Waals surface area (Å²) in [6.45, 7) is -0.548. The zero-order valence-electron chi connectivity index (χ0n) is 11.7. The highest BCUT2D eigenvalue weighted by Gasteiger charge is 2.44. The number of ether oxygens (including phenoxy) is 2. The van der Waals surface area contributed by atoms with E-state index >= 15 is 0 Å². The Morgan fingerprint density at radius 2 is 1.86 bits per heavy atom. The third-order valence-corrected chi connectivity index (χ3v) is 3.43. The molecule has 1 saturated heterocycles. The number of carbonyl (C=O) groups excluding carboxylic acids is 1. The first kappa shape index (κ1) is 16.7. The fourth-order valence-electron chi connectivity index (χ4n) is 2.24. The molecule has 1 aliphatic rings. The second kappa shape index (κ2) is 7.03. The molecule has 1 amide bonds. The van der Waals surface area contributed by atoms with Crippen molar-refractivity contribution in [2.75, 3.05) is 6.61 Å². The molecular weight excluding hydrogens is 294 g/mol. The lowest BCUT2D eigenvalue weighted by Crippen LogP contribution is -2.60. The van der Waals surface area contributed by atoms with E-state index in [1.807, 2.05) is 0 Å². The van der Waals surface area contributed by atoms with Gasteiger partial charge in [-0.05, 0) is 6.07 Å². The third-order valence-electron chi connectivity index (χ3n) is 3.43. The molecule has 5 atom stereocenters. The predicted molar refractivity (Wildman–Crippen MR) is 73.7 cm³/mol. The Labute approximate surface area is 126 Å². The second-order valence-corrected chi connectivity index (χ2v) is 5.07. The number of carbonyl (C=O) groups is 1. The van der Waals surface area contributed by atoms with Crippen LogP contribution < -0.4 is 10.5 Å². The number of aliphatic hydroxyl groups excluding tert-OH is 4. The monoisotopic (exact) mass is 313 g/mol. The zero-order chi connectivity index (χ0) is 16.3. The first-order valence-corrected chi connectivity index (χ1v) is 6.77. The summed E-state index contributed by atoms with van der Waals surface area (Å²) < 4.78 is 10.7. The molecule has 8 nitrogen and oxygen atoms in total. The first-order valence-electron chi connectivity index (χ1n) is 6.77. The Kier molecular flexibility index (Phi) is 5.33. The van der Waals surface area contributed by atoms with E-state index in [1.54, 1.807) is 24.3 Å². The number of primary amides is 1. The summed E-state index contributed by atoms with van der Waals surface area (Å²) in [4.78, 5) is 11.1. The molecular formula is C14H19NO7. The number of benzene rings is 1. The Morgan fingerprint density at radius 3 is 2.50 bits per heavy atom. The highest BCUT2D eigenvalue weighted by molar-refractivity contribution is 5.77. The Hall–Kier alpha value is -1.71. The van der Waals surface area contributed by atoms with Crippen molar-refractivity contribution in [3.63, 3.8) is 0 Å². The summed E-state index contributed by atoms with van der Waals surface area (Å²) in [5.41, 5.74) is 5.65. The van der Waals surface area contributed by atoms with Gasteiger partial charge in [-0.15, -0.1) is 0 Å². The molecule has 1 aliphatic heterocycles. The van der Waals surface area contributed by atoms with Gasteiger partial charge in [-0.3, -0.25) is 4.79 Å². The summed E-state index contributed by atoms with van der Waals surface area (Å²) in [7, 11) is 0. The smallest absolute Gasteiger partial charge is 0.229 e. The minimum atomic E-state index is -1.53. The molecule has 6 N–H and O–H groups in total. The summed E-state index contributed by atoms with van der Waals surface area (Å²) in [6.07, 6.45) is -6.93. The molecule has 0 aromatic heterocycles. The van der Waals surface area contributed by atoms with E-state index in [-0.39, 0.29) is 12.2 Å². The van der Waals surface area contributed by atoms with E-state index in [4.69, 9.17) is 20.3 Å². The van der Waals surface area contributed by atoms with Crippen LogP contribution in [0.5, 0.6) is 5.75 Å². The average Bonchev–Trinajstić information content (AvgIpc) is 2.49. The molecule has 1 aromatic rings. The standard InChI is InChI=1S/C14H19NO7/c15-10(17)5-7-3-1-2-4-8(7)21-14-13(20)12(19)11(18)9(6-16)22-14/h1-4,9,11-14,16,18-20H,5-6H2,(H2,15,17). The van der Waals surface area contributed by atoms with Gasteiger partial charge in [0.15, 0.2) is 0 Å². The Morgan fingerprint density at radius 1 is 1.18 bits per heavy atom. The Balaban J connectivity index is 2.17. The van der Waals surface area contributed by atoms with Gasteiger partial charge in [0, 0.05) is 5.56 Å². The van der Waals surface area contributed by atoms with Crippen molar-refractivity contribution < 1.29 is 34.7 Å². The summed E-state index contributed by atoms with van der Waals surface area (Å²) in [5.74, 6) is -0.296. The number of rotatable bonds is 5. The number of amides is 1. The highest BCUT2D eigenvalue weighted by atomic mass is 16.7. The molecule has 0 radical (unpaired) electrons. The molecule has 0 bridgehead atoms. The van der Waals surface area contributed by atoms with Gasteiger partial charge >= 0.3 is 0 Å². The highest BCUT2D eigenvalue weighted by Crippen LogP contribution is 2.26. The van der Waals surface area contributed by atoms with Crippen LogP contribution in [0.25, 0.3) is 0 Å². The van der Waals surface area contributed by atoms with E-state index in [0.717, 1.165) is 0 Å². The molecule has 2 rings (SSSR count). The molecule has 1 fully saturated rings. The van der Waals surface area contributed by atoms with E-state index in [2.05, 4.69) is 0 Å². The van der Waals surface area contributed by atoms with Crippen LogP contribution in [0.2, 0.25) is 0 Å². The van der Waals surface area contributed by atoms with Gasteiger partial charge in [0.25, 0.3) is 0 Å². The van der Waals surface area contributed by atoms with Crippen molar-refractivity contribution >= 4 is 5.91 Å². The van der Waals surface area contributed by atoms with Crippen LogP contribution in [-0.2, 0) is 16.0 Å². The second-order valence-electron chi connectivity index (χ2n) is 5.07. The van der Waals surface area contributed by atoms with E-state index in [0.29, 0.717) is 5.56 Å². The molecule has 5 unspecified atom stereocenters. The van der Waals surface area contributed by atoms with Gasteiger partial charge in [-0.2, -0.15) is 0 Å². The Bertz CT molecular complexity index is 522. The minimum Gasteiger partial charge on any atom is -0.462 e. The van der Waals surface area contributed by atoms with Crippen molar-refractivity contribution in [3.05, 3.63) is 29.8 Å². The van der Waals surface area contributed by atoms with E-state index in [1.165, 1.54) is 0 Å². The molecule has 0 spiro atoms. The first-order chi connectivity index (χ1) is 10.4. The van der Waals surface area contributed by atoms with Crippen molar-refractivity contribution in [2.45, 2.75) is 37.1 Å². The lowest BCUT2D eigenvalue weighted by atomic mass is 9.99. The lowest BCUT2D eigenvalue weighted by molar-refractivity contribution is -0.277. The van der Waals surface area contributed by atoms with Crippen LogP contribution in [0, 0.1) is 0 Å². The minimum absolute atomic E-state index is 0.0619. The van der Waals surface area contributed by atoms with Crippen molar-refractivity contribution in [1.82, 2.24) is 0 Å². The van der Waals surface area contributed by atoms with E-state index < -0.39 is 43.2 Å². The van der Waals surface area contributed by atoms with E-state index in [9.17, 15) is 20.1 Å². The van der Waals surface area contributed by atoms with Crippen LogP contribution in [-0.4, -0.2) is 63.6 Å². The van der Waals surface area contributed by atoms with Gasteiger partial charge in [-0.1, -0.05) is 18.2 Å². The topological polar surface area (TPSA) is 142 Å². The number of nitrogens with two attached hydrogens (primary N) is 1. The van der Waals surface area contributed by atoms with Crippen LogP contribution in [0.3, 0.4) is 0 Å². The maximum absolute atomic E-state index is 11.1.